The van der Waals surface area contributed by atoms with Crippen molar-refractivity contribution in [1.82, 2.24) is 25.3 Å². The van der Waals surface area contributed by atoms with Gasteiger partial charge in [-0.1, -0.05) is 42.0 Å². The number of aryl methyl sites for hydroxylation is 3. The molecule has 29 heavy (non-hydrogen) atoms. The smallest absolute Gasteiger partial charge is 0.200 e. The van der Waals surface area contributed by atoms with Gasteiger partial charge in [0.15, 0.2) is 11.5 Å². The van der Waals surface area contributed by atoms with E-state index < -0.39 is 0 Å². The standard InChI is InChI=1S/C22H24N6O/c1-15-6-5-7-18(10-15)14-29-22-16(2)11-19(12-17(22)3)13-27(4)21-9-8-20-23-25-26-28(20)24-21/h5-12H,13-14H2,1-4H3. The van der Waals surface area contributed by atoms with E-state index in [1.165, 1.54) is 21.3 Å². The van der Waals surface area contributed by atoms with E-state index in [0.29, 0.717) is 12.3 Å². The molecule has 0 unspecified atom stereocenters. The van der Waals surface area contributed by atoms with Crippen LogP contribution in [0.5, 0.6) is 5.75 Å². The van der Waals surface area contributed by atoms with Crippen molar-refractivity contribution in [3.05, 3.63) is 76.3 Å². The largest absolute Gasteiger partial charge is 0.488 e. The average molecular weight is 388 g/mol. The third-order valence-electron chi connectivity index (χ3n) is 4.85. The van der Waals surface area contributed by atoms with Crippen LogP contribution in [0.1, 0.15) is 27.8 Å². The maximum atomic E-state index is 6.14. The lowest BCUT2D eigenvalue weighted by atomic mass is 10.1. The van der Waals surface area contributed by atoms with Crippen LogP contribution in [-0.4, -0.2) is 32.3 Å². The van der Waals surface area contributed by atoms with Crippen molar-refractivity contribution in [2.24, 2.45) is 0 Å². The van der Waals surface area contributed by atoms with Crippen molar-refractivity contribution >= 4 is 11.5 Å². The van der Waals surface area contributed by atoms with E-state index >= 15 is 0 Å². The van der Waals surface area contributed by atoms with Gasteiger partial charge >= 0.3 is 0 Å². The van der Waals surface area contributed by atoms with E-state index in [1.807, 2.05) is 19.2 Å². The highest BCUT2D eigenvalue weighted by atomic mass is 16.5. The molecule has 0 radical (unpaired) electrons. The zero-order chi connectivity index (χ0) is 20.4. The molecule has 7 heteroatoms. The Morgan fingerprint density at radius 2 is 1.76 bits per heavy atom. The predicted molar refractivity (Wildman–Crippen MR) is 112 cm³/mol. The zero-order valence-corrected chi connectivity index (χ0v) is 17.1. The highest BCUT2D eigenvalue weighted by Crippen LogP contribution is 2.27. The van der Waals surface area contributed by atoms with Crippen molar-refractivity contribution in [1.29, 1.82) is 0 Å². The molecule has 0 fully saturated rings. The zero-order valence-electron chi connectivity index (χ0n) is 17.1. The van der Waals surface area contributed by atoms with Crippen LogP contribution in [0, 0.1) is 20.8 Å². The van der Waals surface area contributed by atoms with Crippen molar-refractivity contribution in [2.75, 3.05) is 11.9 Å². The molecule has 0 spiro atoms. The molecule has 4 aromatic rings. The number of anilines is 1. The second-order valence-corrected chi connectivity index (χ2v) is 7.41. The van der Waals surface area contributed by atoms with Crippen LogP contribution in [0.15, 0.2) is 48.5 Å². The molecule has 0 bridgehead atoms. The summed E-state index contributed by atoms with van der Waals surface area (Å²) in [6, 6.07) is 16.5. The van der Waals surface area contributed by atoms with E-state index in [9.17, 15) is 0 Å². The normalized spacial score (nSPS) is 11.0. The van der Waals surface area contributed by atoms with Crippen molar-refractivity contribution < 1.29 is 4.74 Å². The number of nitrogens with zero attached hydrogens (tertiary/aromatic N) is 6. The van der Waals surface area contributed by atoms with Crippen LogP contribution in [0.25, 0.3) is 5.65 Å². The molecule has 7 nitrogen and oxygen atoms in total. The van der Waals surface area contributed by atoms with Gasteiger partial charge in [0.25, 0.3) is 0 Å². The second-order valence-electron chi connectivity index (χ2n) is 7.41. The van der Waals surface area contributed by atoms with Crippen LogP contribution in [0.3, 0.4) is 0 Å². The Balaban J connectivity index is 1.48. The summed E-state index contributed by atoms with van der Waals surface area (Å²) in [5, 5.41) is 15.8. The maximum absolute atomic E-state index is 6.14. The molecule has 0 aliphatic carbocycles. The summed E-state index contributed by atoms with van der Waals surface area (Å²) >= 11 is 0. The van der Waals surface area contributed by atoms with E-state index in [0.717, 1.165) is 29.2 Å². The monoisotopic (exact) mass is 388 g/mol. The van der Waals surface area contributed by atoms with Gasteiger partial charge in [-0.3, -0.25) is 0 Å². The van der Waals surface area contributed by atoms with E-state index in [4.69, 9.17) is 4.74 Å². The first-order valence-electron chi connectivity index (χ1n) is 9.54. The van der Waals surface area contributed by atoms with Crippen LogP contribution < -0.4 is 9.64 Å². The van der Waals surface area contributed by atoms with Crippen LogP contribution >= 0.6 is 0 Å². The molecule has 0 N–H and O–H groups in total. The van der Waals surface area contributed by atoms with E-state index in [2.05, 4.69) is 82.7 Å². The van der Waals surface area contributed by atoms with Gasteiger partial charge in [-0.25, -0.2) is 0 Å². The summed E-state index contributed by atoms with van der Waals surface area (Å²) < 4.78 is 7.58. The Bertz CT molecular complexity index is 1130. The summed E-state index contributed by atoms with van der Waals surface area (Å²) in [4.78, 5) is 2.07. The number of ether oxygens (including phenoxy) is 1. The third kappa shape index (κ3) is 4.18. The molecule has 0 amide bonds. The number of benzene rings is 2. The fourth-order valence-corrected chi connectivity index (χ4v) is 3.51. The number of rotatable bonds is 6. The molecule has 4 rings (SSSR count). The first-order valence-corrected chi connectivity index (χ1v) is 9.54. The predicted octanol–water partition coefficient (Wildman–Crippen LogP) is 3.66. The maximum Gasteiger partial charge on any atom is 0.200 e. The Morgan fingerprint density at radius 3 is 2.52 bits per heavy atom. The molecule has 0 aliphatic rings. The van der Waals surface area contributed by atoms with Crippen LogP contribution in [0.4, 0.5) is 5.82 Å². The minimum Gasteiger partial charge on any atom is -0.488 e. The summed E-state index contributed by atoms with van der Waals surface area (Å²) in [5.41, 5.74) is 6.51. The fourth-order valence-electron chi connectivity index (χ4n) is 3.51. The van der Waals surface area contributed by atoms with Gasteiger partial charge in [0, 0.05) is 13.6 Å². The second kappa shape index (κ2) is 7.87. The molecule has 2 heterocycles. The molecular formula is C22H24N6O. The highest BCUT2D eigenvalue weighted by Gasteiger charge is 2.11. The number of tetrazole rings is 1. The number of hydrogen-bond donors (Lipinski definition) is 0. The molecule has 0 saturated carbocycles. The van der Waals surface area contributed by atoms with Crippen molar-refractivity contribution in [3.8, 4) is 5.75 Å². The SMILES string of the molecule is Cc1cccc(COc2c(C)cc(CN(C)c3ccc4nnnn4n3)cc2C)c1. The minimum absolute atomic E-state index is 0.568. The lowest BCUT2D eigenvalue weighted by Gasteiger charge is -2.20. The molecule has 2 aromatic heterocycles. The van der Waals surface area contributed by atoms with E-state index in [1.54, 1.807) is 0 Å². The van der Waals surface area contributed by atoms with Gasteiger partial charge in [0.1, 0.15) is 12.4 Å². The summed E-state index contributed by atoms with van der Waals surface area (Å²) in [6.45, 7) is 7.57. The number of fused-ring (bicyclic) bond motifs is 1. The Labute approximate surface area is 169 Å². The topological polar surface area (TPSA) is 68.4 Å². The molecule has 0 aliphatic heterocycles. The Hall–Kier alpha value is -3.48. The number of aromatic nitrogens is 5. The summed E-state index contributed by atoms with van der Waals surface area (Å²) in [7, 11) is 2.01. The summed E-state index contributed by atoms with van der Waals surface area (Å²) in [5.74, 6) is 1.76. The summed E-state index contributed by atoms with van der Waals surface area (Å²) in [6.07, 6.45) is 0. The van der Waals surface area contributed by atoms with Crippen LogP contribution in [0.2, 0.25) is 0 Å². The molecular weight excluding hydrogens is 364 g/mol. The van der Waals surface area contributed by atoms with Gasteiger partial charge in [-0.15, -0.1) is 14.8 Å². The van der Waals surface area contributed by atoms with Gasteiger partial charge < -0.3 is 9.64 Å². The lowest BCUT2D eigenvalue weighted by molar-refractivity contribution is 0.302. The van der Waals surface area contributed by atoms with Gasteiger partial charge in [0.05, 0.1) is 0 Å². The first-order chi connectivity index (χ1) is 14.0. The van der Waals surface area contributed by atoms with E-state index in [-0.39, 0.29) is 0 Å². The molecule has 0 saturated heterocycles. The van der Waals surface area contributed by atoms with Gasteiger partial charge in [-0.2, -0.15) is 0 Å². The first kappa shape index (κ1) is 18.9. The highest BCUT2D eigenvalue weighted by molar-refractivity contribution is 5.47. The van der Waals surface area contributed by atoms with Crippen LogP contribution in [-0.2, 0) is 13.2 Å². The average Bonchev–Trinajstić information content (AvgIpc) is 3.15. The van der Waals surface area contributed by atoms with Gasteiger partial charge in [0.2, 0.25) is 0 Å². The minimum atomic E-state index is 0.568. The van der Waals surface area contributed by atoms with Crippen molar-refractivity contribution in [2.45, 2.75) is 33.9 Å². The quantitative estimate of drug-likeness (QED) is 0.502. The fraction of sp³-hybridized carbons (Fsp3) is 0.273. The Morgan fingerprint density at radius 1 is 0.966 bits per heavy atom. The van der Waals surface area contributed by atoms with Crippen molar-refractivity contribution in [3.63, 3.8) is 0 Å². The number of hydrogen-bond acceptors (Lipinski definition) is 6. The van der Waals surface area contributed by atoms with Gasteiger partial charge in [-0.05, 0) is 65.6 Å². The molecule has 148 valence electrons. The molecule has 2 aromatic carbocycles. The molecule has 0 atom stereocenters. The third-order valence-corrected chi connectivity index (χ3v) is 4.85. The lowest BCUT2D eigenvalue weighted by Crippen LogP contribution is -2.19. The Kier molecular flexibility index (Phi) is 5.12.